The Kier molecular flexibility index (Phi) is 5.57. The number of rotatable bonds is 6. The Morgan fingerprint density at radius 3 is 2.77 bits per heavy atom. The molecule has 2 rings (SSSR count). The SMILES string of the molecule is C=CCc1cc(/C=N\N2C(=O)CSC2=S)cc(OC)c1OC. The Morgan fingerprint density at radius 1 is 1.45 bits per heavy atom. The van der Waals surface area contributed by atoms with Crippen LogP contribution in [0, 0.1) is 0 Å². The lowest BCUT2D eigenvalue weighted by atomic mass is 10.1. The first-order valence-electron chi connectivity index (χ1n) is 6.50. The number of carbonyl (C=O) groups is 1. The monoisotopic (exact) mass is 336 g/mol. The van der Waals surface area contributed by atoms with Crippen molar-refractivity contribution in [3.8, 4) is 11.5 Å². The molecular formula is C15H16N2O3S2. The van der Waals surface area contributed by atoms with Crippen LogP contribution in [0.1, 0.15) is 11.1 Å². The van der Waals surface area contributed by atoms with Gasteiger partial charge in [-0.15, -0.1) is 6.58 Å². The smallest absolute Gasteiger partial charge is 0.259 e. The minimum Gasteiger partial charge on any atom is -0.493 e. The Bertz CT molecular complexity index is 628. The number of thiocarbonyl (C=S) groups is 1. The molecule has 0 atom stereocenters. The van der Waals surface area contributed by atoms with Gasteiger partial charge in [-0.2, -0.15) is 10.1 Å². The van der Waals surface area contributed by atoms with E-state index in [0.717, 1.165) is 11.1 Å². The Hall–Kier alpha value is -1.86. The van der Waals surface area contributed by atoms with Crippen molar-refractivity contribution in [2.75, 3.05) is 20.0 Å². The molecule has 1 saturated heterocycles. The van der Waals surface area contributed by atoms with Gasteiger partial charge in [-0.1, -0.05) is 30.1 Å². The highest BCUT2D eigenvalue weighted by Gasteiger charge is 2.26. The number of amides is 1. The Labute approximate surface area is 139 Å². The maximum Gasteiger partial charge on any atom is 0.259 e. The van der Waals surface area contributed by atoms with E-state index >= 15 is 0 Å². The summed E-state index contributed by atoms with van der Waals surface area (Å²) in [5, 5.41) is 5.40. The zero-order valence-corrected chi connectivity index (χ0v) is 14.0. The molecule has 0 saturated carbocycles. The van der Waals surface area contributed by atoms with Crippen molar-refractivity contribution in [2.24, 2.45) is 5.10 Å². The molecule has 1 amide bonds. The lowest BCUT2D eigenvalue weighted by molar-refractivity contribution is -0.123. The van der Waals surface area contributed by atoms with E-state index in [-0.39, 0.29) is 5.91 Å². The first-order chi connectivity index (χ1) is 10.6. The second-order valence-electron chi connectivity index (χ2n) is 4.41. The van der Waals surface area contributed by atoms with E-state index in [9.17, 15) is 4.79 Å². The highest BCUT2D eigenvalue weighted by atomic mass is 32.2. The minimum absolute atomic E-state index is 0.113. The number of benzene rings is 1. The summed E-state index contributed by atoms with van der Waals surface area (Å²) < 4.78 is 11.2. The summed E-state index contributed by atoms with van der Waals surface area (Å²) in [4.78, 5) is 11.6. The van der Waals surface area contributed by atoms with Crippen LogP contribution in [-0.4, -0.2) is 41.4 Å². The lowest BCUT2D eigenvalue weighted by Gasteiger charge is -2.13. The predicted octanol–water partition coefficient (Wildman–Crippen LogP) is 2.63. The highest BCUT2D eigenvalue weighted by molar-refractivity contribution is 8.23. The standard InChI is InChI=1S/C15H16N2O3S2/c1-4-5-11-6-10(7-12(19-2)14(11)20-3)8-16-17-13(18)9-22-15(17)21/h4,6-8H,1,5,9H2,2-3H3/b16-8-. The van der Waals surface area contributed by atoms with E-state index in [2.05, 4.69) is 11.7 Å². The third kappa shape index (κ3) is 3.48. The summed E-state index contributed by atoms with van der Waals surface area (Å²) in [5.41, 5.74) is 1.73. The van der Waals surface area contributed by atoms with Gasteiger partial charge in [0, 0.05) is 5.56 Å². The van der Waals surface area contributed by atoms with Gasteiger partial charge in [0.05, 0.1) is 26.2 Å². The van der Waals surface area contributed by atoms with E-state index in [0.29, 0.717) is 28.0 Å². The number of hydrogen-bond acceptors (Lipinski definition) is 6. The largest absolute Gasteiger partial charge is 0.493 e. The van der Waals surface area contributed by atoms with Crippen molar-refractivity contribution in [2.45, 2.75) is 6.42 Å². The van der Waals surface area contributed by atoms with E-state index < -0.39 is 0 Å². The molecule has 1 fully saturated rings. The first kappa shape index (κ1) is 16.5. The van der Waals surface area contributed by atoms with E-state index in [1.807, 2.05) is 6.07 Å². The summed E-state index contributed by atoms with van der Waals surface area (Å²) in [5.74, 6) is 1.50. The van der Waals surface area contributed by atoms with Crippen LogP contribution < -0.4 is 9.47 Å². The molecule has 1 aromatic carbocycles. The maximum atomic E-state index is 11.6. The van der Waals surface area contributed by atoms with Crippen LogP contribution in [-0.2, 0) is 11.2 Å². The fourth-order valence-electron chi connectivity index (χ4n) is 2.03. The summed E-state index contributed by atoms with van der Waals surface area (Å²) in [6.07, 6.45) is 4.01. The molecule has 0 aromatic heterocycles. The second-order valence-corrected chi connectivity index (χ2v) is 6.02. The number of nitrogens with zero attached hydrogens (tertiary/aromatic N) is 2. The maximum absolute atomic E-state index is 11.6. The van der Waals surface area contributed by atoms with E-state index in [4.69, 9.17) is 21.7 Å². The number of hydrogen-bond donors (Lipinski definition) is 0. The molecule has 1 aromatic rings. The van der Waals surface area contributed by atoms with Crippen LogP contribution in [0.2, 0.25) is 0 Å². The molecule has 0 spiro atoms. The Morgan fingerprint density at radius 2 is 2.23 bits per heavy atom. The molecule has 1 heterocycles. The summed E-state index contributed by atoms with van der Waals surface area (Å²) in [7, 11) is 3.17. The number of carbonyl (C=O) groups excluding carboxylic acids is 1. The van der Waals surface area contributed by atoms with Gasteiger partial charge >= 0.3 is 0 Å². The highest BCUT2D eigenvalue weighted by Crippen LogP contribution is 2.32. The first-order valence-corrected chi connectivity index (χ1v) is 7.89. The molecule has 0 aliphatic carbocycles. The van der Waals surface area contributed by atoms with Crippen LogP contribution >= 0.6 is 24.0 Å². The van der Waals surface area contributed by atoms with E-state index in [1.54, 1.807) is 32.6 Å². The summed E-state index contributed by atoms with van der Waals surface area (Å²) in [6, 6.07) is 3.72. The van der Waals surface area contributed by atoms with Gasteiger partial charge in [-0.25, -0.2) is 0 Å². The molecule has 0 N–H and O–H groups in total. The van der Waals surface area contributed by atoms with Crippen molar-refractivity contribution in [3.63, 3.8) is 0 Å². The normalized spacial score (nSPS) is 14.7. The molecule has 7 heteroatoms. The molecule has 5 nitrogen and oxygen atoms in total. The topological polar surface area (TPSA) is 51.1 Å². The van der Waals surface area contributed by atoms with E-state index in [1.165, 1.54) is 16.8 Å². The molecule has 0 unspecified atom stereocenters. The number of allylic oxidation sites excluding steroid dienone is 1. The predicted molar refractivity (Wildman–Crippen MR) is 92.9 cm³/mol. The van der Waals surface area contributed by atoms with Gasteiger partial charge in [-0.05, 0) is 24.1 Å². The summed E-state index contributed by atoms with van der Waals surface area (Å²) >= 11 is 6.39. The molecule has 0 bridgehead atoms. The molecular weight excluding hydrogens is 320 g/mol. The zero-order valence-electron chi connectivity index (χ0n) is 12.4. The van der Waals surface area contributed by atoms with Gasteiger partial charge in [0.2, 0.25) is 0 Å². The van der Waals surface area contributed by atoms with Gasteiger partial charge in [-0.3, -0.25) is 4.79 Å². The quantitative estimate of drug-likeness (QED) is 0.454. The fourth-order valence-corrected chi connectivity index (χ4v) is 3.00. The van der Waals surface area contributed by atoms with Gasteiger partial charge in [0.25, 0.3) is 5.91 Å². The lowest BCUT2D eigenvalue weighted by Crippen LogP contribution is -2.22. The second kappa shape index (κ2) is 7.42. The number of ether oxygens (including phenoxy) is 2. The van der Waals surface area contributed by atoms with Crippen molar-refractivity contribution in [1.82, 2.24) is 5.01 Å². The van der Waals surface area contributed by atoms with Crippen molar-refractivity contribution in [1.29, 1.82) is 0 Å². The third-order valence-electron chi connectivity index (χ3n) is 2.99. The molecule has 1 aliphatic heterocycles. The van der Waals surface area contributed by atoms with Crippen LogP contribution in [0.15, 0.2) is 29.9 Å². The van der Waals surface area contributed by atoms with Gasteiger partial charge < -0.3 is 9.47 Å². The number of hydrazone groups is 1. The van der Waals surface area contributed by atoms with Crippen molar-refractivity contribution < 1.29 is 14.3 Å². The zero-order chi connectivity index (χ0) is 16.1. The van der Waals surface area contributed by atoms with Gasteiger partial charge in [0.1, 0.15) is 0 Å². The molecule has 0 radical (unpaired) electrons. The minimum atomic E-state index is -0.113. The number of methoxy groups -OCH3 is 2. The molecule has 116 valence electrons. The van der Waals surface area contributed by atoms with Crippen molar-refractivity contribution in [3.05, 3.63) is 35.9 Å². The van der Waals surface area contributed by atoms with Crippen molar-refractivity contribution >= 4 is 40.4 Å². The summed E-state index contributed by atoms with van der Waals surface area (Å²) in [6.45, 7) is 3.74. The average molecular weight is 336 g/mol. The molecule has 22 heavy (non-hydrogen) atoms. The third-order valence-corrected chi connectivity index (χ3v) is 4.33. The number of thioether (sulfide) groups is 1. The Balaban J connectivity index is 2.34. The van der Waals surface area contributed by atoms with Crippen LogP contribution in [0.25, 0.3) is 0 Å². The van der Waals surface area contributed by atoms with Gasteiger partial charge in [0.15, 0.2) is 15.8 Å². The van der Waals surface area contributed by atoms with Crippen LogP contribution in [0.3, 0.4) is 0 Å². The van der Waals surface area contributed by atoms with Crippen LogP contribution in [0.4, 0.5) is 0 Å². The van der Waals surface area contributed by atoms with Crippen LogP contribution in [0.5, 0.6) is 11.5 Å². The molecule has 1 aliphatic rings. The average Bonchev–Trinajstić information content (AvgIpc) is 2.83. The fraction of sp³-hybridized carbons (Fsp3) is 0.267.